The zero-order valence-corrected chi connectivity index (χ0v) is 10.6. The quantitative estimate of drug-likeness (QED) is 0.830. The van der Waals surface area contributed by atoms with Gasteiger partial charge in [-0.15, -0.1) is 10.2 Å². The molecule has 0 saturated carbocycles. The average molecular weight is 244 g/mol. The minimum absolute atomic E-state index is 0.111. The number of nitrogens with zero attached hydrogens (tertiary/aromatic N) is 2. The van der Waals surface area contributed by atoms with E-state index in [-0.39, 0.29) is 11.4 Å². The summed E-state index contributed by atoms with van der Waals surface area (Å²) in [7, 11) is -3.30. The molecule has 0 amide bonds. The highest BCUT2D eigenvalue weighted by atomic mass is 32.2. The second-order valence-electron chi connectivity index (χ2n) is 4.55. The van der Waals surface area contributed by atoms with Crippen LogP contribution in [0.15, 0.2) is 12.1 Å². The first-order valence-electron chi connectivity index (χ1n) is 4.75. The van der Waals surface area contributed by atoms with E-state index in [4.69, 9.17) is 0 Å². The first-order chi connectivity index (χ1) is 7.16. The highest BCUT2D eigenvalue weighted by Gasteiger charge is 2.10. The van der Waals surface area contributed by atoms with Gasteiger partial charge in [-0.05, 0) is 32.9 Å². The Hall–Kier alpha value is -1.37. The lowest BCUT2D eigenvalue weighted by atomic mass is 10.1. The Labute approximate surface area is 95.5 Å². The molecule has 0 aliphatic carbocycles. The Morgan fingerprint density at radius 1 is 1.12 bits per heavy atom. The summed E-state index contributed by atoms with van der Waals surface area (Å²) in [5.41, 5.74) is -0.111. The molecule has 1 rings (SSSR count). The third-order valence-corrected chi connectivity index (χ3v) is 2.04. The van der Waals surface area contributed by atoms with Crippen LogP contribution >= 0.6 is 0 Å². The van der Waals surface area contributed by atoms with Crippen molar-refractivity contribution in [3.8, 4) is 0 Å². The molecule has 0 aliphatic rings. The van der Waals surface area contributed by atoms with E-state index in [9.17, 15) is 8.42 Å². The number of anilines is 2. The van der Waals surface area contributed by atoms with Crippen LogP contribution in [0.1, 0.15) is 20.8 Å². The molecule has 0 bridgehead atoms. The molecule has 7 heteroatoms. The number of hydrogen-bond donors (Lipinski definition) is 2. The molecule has 0 unspecified atom stereocenters. The van der Waals surface area contributed by atoms with Gasteiger partial charge in [0.15, 0.2) is 5.82 Å². The van der Waals surface area contributed by atoms with Gasteiger partial charge < -0.3 is 5.32 Å². The van der Waals surface area contributed by atoms with Crippen LogP contribution in [0, 0.1) is 0 Å². The Balaban J connectivity index is 2.76. The predicted molar refractivity (Wildman–Crippen MR) is 63.9 cm³/mol. The maximum Gasteiger partial charge on any atom is 0.231 e. The van der Waals surface area contributed by atoms with Crippen molar-refractivity contribution in [2.75, 3.05) is 16.3 Å². The third kappa shape index (κ3) is 4.92. The van der Waals surface area contributed by atoms with Crippen LogP contribution in [0.3, 0.4) is 0 Å². The number of aromatic nitrogens is 2. The first kappa shape index (κ1) is 12.7. The fourth-order valence-corrected chi connectivity index (χ4v) is 1.52. The van der Waals surface area contributed by atoms with Crippen molar-refractivity contribution in [1.82, 2.24) is 10.2 Å². The molecule has 16 heavy (non-hydrogen) atoms. The topological polar surface area (TPSA) is 84.0 Å². The number of hydrogen-bond acceptors (Lipinski definition) is 5. The summed E-state index contributed by atoms with van der Waals surface area (Å²) >= 11 is 0. The van der Waals surface area contributed by atoms with Gasteiger partial charge >= 0.3 is 0 Å². The zero-order valence-electron chi connectivity index (χ0n) is 9.77. The molecule has 90 valence electrons. The molecule has 0 fully saturated rings. The Kier molecular flexibility index (Phi) is 3.37. The zero-order chi connectivity index (χ0) is 12.4. The van der Waals surface area contributed by atoms with Crippen molar-refractivity contribution in [3.63, 3.8) is 0 Å². The number of rotatable bonds is 3. The van der Waals surface area contributed by atoms with Crippen LogP contribution in [-0.4, -0.2) is 30.4 Å². The van der Waals surface area contributed by atoms with E-state index >= 15 is 0 Å². The molecule has 0 aromatic carbocycles. The second kappa shape index (κ2) is 4.25. The van der Waals surface area contributed by atoms with Gasteiger partial charge in [0.25, 0.3) is 0 Å². The van der Waals surface area contributed by atoms with Crippen LogP contribution in [0.5, 0.6) is 0 Å². The predicted octanol–water partition coefficient (Wildman–Crippen LogP) is 1.06. The highest BCUT2D eigenvalue weighted by molar-refractivity contribution is 7.92. The lowest BCUT2D eigenvalue weighted by molar-refractivity contribution is 0.606. The molecular formula is C9H16N4O2S. The SMILES string of the molecule is CC(C)(C)Nc1ccc(NS(C)(=O)=O)nn1. The smallest absolute Gasteiger partial charge is 0.231 e. The summed E-state index contributed by atoms with van der Waals surface area (Å²) in [5, 5.41) is 10.7. The van der Waals surface area contributed by atoms with Gasteiger partial charge in [0.1, 0.15) is 5.82 Å². The summed E-state index contributed by atoms with van der Waals surface area (Å²) in [6.07, 6.45) is 1.07. The standard InChI is InChI=1S/C9H16N4O2S/c1-9(2,3)10-7-5-6-8(12-11-7)13-16(4,14)15/h5-6H,1-4H3,(H,10,11)(H,12,13). The molecular weight excluding hydrogens is 228 g/mol. The molecule has 0 saturated heterocycles. The maximum atomic E-state index is 10.9. The van der Waals surface area contributed by atoms with Crippen LogP contribution in [0.4, 0.5) is 11.6 Å². The van der Waals surface area contributed by atoms with Crippen LogP contribution in [0.25, 0.3) is 0 Å². The van der Waals surface area contributed by atoms with Gasteiger partial charge in [0.2, 0.25) is 10.0 Å². The normalized spacial score (nSPS) is 12.2. The summed E-state index contributed by atoms with van der Waals surface area (Å²) < 4.78 is 24.1. The second-order valence-corrected chi connectivity index (χ2v) is 6.30. The monoisotopic (exact) mass is 244 g/mol. The minimum atomic E-state index is -3.30. The van der Waals surface area contributed by atoms with Gasteiger partial charge in [-0.1, -0.05) is 0 Å². The number of sulfonamides is 1. The summed E-state index contributed by atoms with van der Waals surface area (Å²) in [6.45, 7) is 5.99. The van der Waals surface area contributed by atoms with E-state index in [2.05, 4.69) is 20.2 Å². The van der Waals surface area contributed by atoms with Gasteiger partial charge in [-0.2, -0.15) is 0 Å². The largest absolute Gasteiger partial charge is 0.364 e. The minimum Gasteiger partial charge on any atom is -0.364 e. The van der Waals surface area contributed by atoms with Crippen molar-refractivity contribution < 1.29 is 8.42 Å². The van der Waals surface area contributed by atoms with Gasteiger partial charge in [-0.3, -0.25) is 4.72 Å². The van der Waals surface area contributed by atoms with Crippen molar-refractivity contribution in [1.29, 1.82) is 0 Å². The molecule has 2 N–H and O–H groups in total. The van der Waals surface area contributed by atoms with Crippen molar-refractivity contribution in [2.24, 2.45) is 0 Å². The molecule has 0 radical (unpaired) electrons. The summed E-state index contributed by atoms with van der Waals surface area (Å²) in [4.78, 5) is 0. The van der Waals surface area contributed by atoms with Crippen LogP contribution in [-0.2, 0) is 10.0 Å². The fourth-order valence-electron chi connectivity index (χ4n) is 1.03. The molecule has 6 nitrogen and oxygen atoms in total. The van der Waals surface area contributed by atoms with E-state index in [0.29, 0.717) is 5.82 Å². The lowest BCUT2D eigenvalue weighted by Crippen LogP contribution is -2.26. The summed E-state index contributed by atoms with van der Waals surface area (Å²) in [5.74, 6) is 0.813. The van der Waals surface area contributed by atoms with Gasteiger partial charge in [0, 0.05) is 5.54 Å². The molecule has 1 aromatic heterocycles. The Morgan fingerprint density at radius 2 is 1.62 bits per heavy atom. The highest BCUT2D eigenvalue weighted by Crippen LogP contribution is 2.12. The van der Waals surface area contributed by atoms with Crippen LogP contribution in [0.2, 0.25) is 0 Å². The van der Waals surface area contributed by atoms with E-state index in [1.54, 1.807) is 12.1 Å². The molecule has 1 aromatic rings. The molecule has 0 aliphatic heterocycles. The van der Waals surface area contributed by atoms with E-state index < -0.39 is 10.0 Å². The van der Waals surface area contributed by atoms with E-state index in [1.807, 2.05) is 20.8 Å². The van der Waals surface area contributed by atoms with Crippen molar-refractivity contribution in [3.05, 3.63) is 12.1 Å². The van der Waals surface area contributed by atoms with Crippen molar-refractivity contribution in [2.45, 2.75) is 26.3 Å². The van der Waals surface area contributed by atoms with E-state index in [1.165, 1.54) is 0 Å². The van der Waals surface area contributed by atoms with Crippen molar-refractivity contribution >= 4 is 21.7 Å². The third-order valence-electron chi connectivity index (χ3n) is 1.46. The van der Waals surface area contributed by atoms with Crippen LogP contribution < -0.4 is 10.0 Å². The number of nitrogens with one attached hydrogen (secondary N) is 2. The fraction of sp³-hybridized carbons (Fsp3) is 0.556. The van der Waals surface area contributed by atoms with Gasteiger partial charge in [0.05, 0.1) is 6.26 Å². The van der Waals surface area contributed by atoms with Gasteiger partial charge in [-0.25, -0.2) is 8.42 Å². The Morgan fingerprint density at radius 3 is 2.00 bits per heavy atom. The molecule has 0 spiro atoms. The van der Waals surface area contributed by atoms with E-state index in [0.717, 1.165) is 6.26 Å². The summed E-state index contributed by atoms with van der Waals surface area (Å²) in [6, 6.07) is 3.23. The Bertz CT molecular complexity index is 447. The molecule has 0 atom stereocenters. The lowest BCUT2D eigenvalue weighted by Gasteiger charge is -2.20. The first-order valence-corrected chi connectivity index (χ1v) is 6.65. The molecule has 1 heterocycles. The average Bonchev–Trinajstić information content (AvgIpc) is 2.03. The maximum absolute atomic E-state index is 10.9.